The molecule has 2 aliphatic heterocycles. The van der Waals surface area contributed by atoms with Crippen molar-refractivity contribution in [1.29, 1.82) is 0 Å². The average molecular weight is 310 g/mol. The molecule has 2 saturated heterocycles. The number of benzene rings is 1. The maximum atomic E-state index is 11.0. The number of likely N-dealkylation sites (tertiary alicyclic amines) is 1. The summed E-state index contributed by atoms with van der Waals surface area (Å²) in [5, 5.41) is 14.7. The topological polar surface area (TPSA) is 58.4 Å². The second kappa shape index (κ2) is 5.91. The molecule has 0 saturated carbocycles. The Bertz CT molecular complexity index is 552. The highest BCUT2D eigenvalue weighted by atomic mass is 35.5. The zero-order chi connectivity index (χ0) is 15.0. The van der Waals surface area contributed by atoms with Crippen LogP contribution in [-0.4, -0.2) is 35.5 Å². The van der Waals surface area contributed by atoms with Crippen molar-refractivity contribution in [2.75, 3.05) is 19.6 Å². The number of rotatable bonds is 4. The summed E-state index contributed by atoms with van der Waals surface area (Å²) >= 11 is 5.88. The Morgan fingerprint density at radius 3 is 3.00 bits per heavy atom. The van der Waals surface area contributed by atoms with Gasteiger partial charge in [-0.1, -0.05) is 24.6 Å². The van der Waals surface area contributed by atoms with E-state index in [1.54, 1.807) is 12.1 Å². The van der Waals surface area contributed by atoms with Gasteiger partial charge < -0.3 is 5.32 Å². The van der Waals surface area contributed by atoms with Crippen LogP contribution < -0.4 is 5.32 Å². The van der Waals surface area contributed by atoms with Crippen LogP contribution in [0.2, 0.25) is 5.02 Å². The van der Waals surface area contributed by atoms with Crippen molar-refractivity contribution in [3.05, 3.63) is 38.9 Å². The van der Waals surface area contributed by atoms with Crippen LogP contribution in [0.4, 0.5) is 5.69 Å². The van der Waals surface area contributed by atoms with Gasteiger partial charge in [0.15, 0.2) is 0 Å². The van der Waals surface area contributed by atoms with Crippen molar-refractivity contribution in [3.8, 4) is 0 Å². The number of nitrogens with zero attached hydrogens (tertiary/aromatic N) is 2. The Morgan fingerprint density at radius 1 is 1.48 bits per heavy atom. The molecule has 114 valence electrons. The molecule has 1 aromatic rings. The van der Waals surface area contributed by atoms with Gasteiger partial charge in [-0.2, -0.15) is 0 Å². The highest BCUT2D eigenvalue weighted by Crippen LogP contribution is 2.35. The molecule has 3 unspecified atom stereocenters. The smallest absolute Gasteiger partial charge is 0.288 e. The molecule has 3 atom stereocenters. The summed E-state index contributed by atoms with van der Waals surface area (Å²) in [6, 6.07) is 5.71. The minimum absolute atomic E-state index is 0.00303. The first-order valence-corrected chi connectivity index (χ1v) is 7.85. The maximum absolute atomic E-state index is 11.0. The molecule has 0 aliphatic carbocycles. The number of fused-ring (bicyclic) bond motifs is 1. The lowest BCUT2D eigenvalue weighted by Crippen LogP contribution is -2.34. The minimum Gasteiger partial charge on any atom is -0.316 e. The van der Waals surface area contributed by atoms with Crippen LogP contribution in [0.3, 0.4) is 0 Å². The van der Waals surface area contributed by atoms with Crippen LogP contribution >= 0.6 is 11.6 Å². The number of nitro groups is 1. The van der Waals surface area contributed by atoms with Crippen LogP contribution in [0.1, 0.15) is 18.9 Å². The highest BCUT2D eigenvalue weighted by Gasteiger charge is 2.42. The summed E-state index contributed by atoms with van der Waals surface area (Å²) in [6.45, 7) is 6.26. The zero-order valence-corrected chi connectivity index (χ0v) is 12.8. The standard InChI is InChI=1S/C15H20ClN3O2/c1-2-14-12-7-17-6-11(12)9-18(14)8-10-3-4-13(16)15(5-10)19(20)21/h3-5,11-12,14,17H,2,6-9H2,1H3. The fraction of sp³-hybridized carbons (Fsp3) is 0.600. The number of hydrogen-bond donors (Lipinski definition) is 1. The maximum Gasteiger partial charge on any atom is 0.288 e. The second-order valence-corrected chi connectivity index (χ2v) is 6.44. The lowest BCUT2D eigenvalue weighted by molar-refractivity contribution is -0.384. The molecular formula is C15H20ClN3O2. The first kappa shape index (κ1) is 14.8. The fourth-order valence-electron chi connectivity index (χ4n) is 3.88. The number of halogens is 1. The monoisotopic (exact) mass is 309 g/mol. The average Bonchev–Trinajstić information content (AvgIpc) is 3.00. The first-order valence-electron chi connectivity index (χ1n) is 7.47. The van der Waals surface area contributed by atoms with Crippen LogP contribution in [-0.2, 0) is 6.54 Å². The molecule has 5 nitrogen and oxygen atoms in total. The molecule has 0 radical (unpaired) electrons. The molecule has 3 rings (SSSR count). The SMILES string of the molecule is CCC1C2CNCC2CN1Cc1ccc(Cl)c([N+](=O)[O-])c1. The number of nitrogens with one attached hydrogen (secondary N) is 1. The molecule has 1 aromatic carbocycles. The highest BCUT2D eigenvalue weighted by molar-refractivity contribution is 6.32. The van der Waals surface area contributed by atoms with Crippen molar-refractivity contribution in [1.82, 2.24) is 10.2 Å². The van der Waals surface area contributed by atoms with Gasteiger partial charge in [0.25, 0.3) is 5.69 Å². The molecule has 6 heteroatoms. The Labute approximate surface area is 129 Å². The first-order chi connectivity index (χ1) is 10.1. The van der Waals surface area contributed by atoms with Crippen molar-refractivity contribution in [3.63, 3.8) is 0 Å². The Morgan fingerprint density at radius 2 is 2.29 bits per heavy atom. The van der Waals surface area contributed by atoms with Gasteiger partial charge >= 0.3 is 0 Å². The predicted molar refractivity (Wildman–Crippen MR) is 82.4 cm³/mol. The summed E-state index contributed by atoms with van der Waals surface area (Å²) in [6.07, 6.45) is 1.12. The van der Waals surface area contributed by atoms with Crippen molar-refractivity contribution in [2.24, 2.45) is 11.8 Å². The third-order valence-corrected chi connectivity index (χ3v) is 5.16. The quantitative estimate of drug-likeness (QED) is 0.686. The van der Waals surface area contributed by atoms with E-state index in [0.717, 1.165) is 50.0 Å². The normalized spacial score (nSPS) is 28.8. The van der Waals surface area contributed by atoms with Crippen molar-refractivity contribution >= 4 is 17.3 Å². The van der Waals surface area contributed by atoms with E-state index in [1.165, 1.54) is 0 Å². The molecule has 21 heavy (non-hydrogen) atoms. The van der Waals surface area contributed by atoms with E-state index in [1.807, 2.05) is 6.07 Å². The molecule has 1 N–H and O–H groups in total. The zero-order valence-electron chi connectivity index (χ0n) is 12.1. The summed E-state index contributed by atoms with van der Waals surface area (Å²) in [7, 11) is 0. The van der Waals surface area contributed by atoms with Crippen LogP contribution in [0.15, 0.2) is 18.2 Å². The lowest BCUT2D eigenvalue weighted by Gasteiger charge is -2.26. The Kier molecular flexibility index (Phi) is 4.15. The van der Waals surface area contributed by atoms with Gasteiger partial charge in [-0.3, -0.25) is 15.0 Å². The van der Waals surface area contributed by atoms with E-state index in [2.05, 4.69) is 17.1 Å². The number of nitro benzene ring substituents is 1. The van der Waals surface area contributed by atoms with Crippen LogP contribution in [0.25, 0.3) is 0 Å². The molecule has 0 amide bonds. The van der Waals surface area contributed by atoms with E-state index in [0.29, 0.717) is 6.04 Å². The lowest BCUT2D eigenvalue weighted by atomic mass is 9.93. The molecule has 0 spiro atoms. The third kappa shape index (κ3) is 2.78. The van der Waals surface area contributed by atoms with Crippen LogP contribution in [0.5, 0.6) is 0 Å². The van der Waals surface area contributed by atoms with Crippen molar-refractivity contribution in [2.45, 2.75) is 25.9 Å². The van der Waals surface area contributed by atoms with Gasteiger partial charge in [-0.05, 0) is 43.0 Å². The molecule has 2 heterocycles. The predicted octanol–water partition coefficient (Wildman–Crippen LogP) is 2.68. The van der Waals surface area contributed by atoms with E-state index in [9.17, 15) is 10.1 Å². The molecule has 2 fully saturated rings. The summed E-state index contributed by atoms with van der Waals surface area (Å²) < 4.78 is 0. The summed E-state index contributed by atoms with van der Waals surface area (Å²) in [4.78, 5) is 13.1. The van der Waals surface area contributed by atoms with Gasteiger partial charge in [-0.25, -0.2) is 0 Å². The van der Waals surface area contributed by atoms with E-state index >= 15 is 0 Å². The van der Waals surface area contributed by atoms with Crippen LogP contribution in [0, 0.1) is 22.0 Å². The summed E-state index contributed by atoms with van der Waals surface area (Å²) in [5.74, 6) is 1.44. The van der Waals surface area contributed by atoms with Gasteiger partial charge in [0.2, 0.25) is 0 Å². The fourth-order valence-corrected chi connectivity index (χ4v) is 4.07. The molecule has 0 aromatic heterocycles. The van der Waals surface area contributed by atoms with E-state index in [-0.39, 0.29) is 10.7 Å². The van der Waals surface area contributed by atoms with E-state index < -0.39 is 4.92 Å². The van der Waals surface area contributed by atoms with Gasteiger partial charge in [0, 0.05) is 25.2 Å². The van der Waals surface area contributed by atoms with Gasteiger partial charge in [-0.15, -0.1) is 0 Å². The molecule has 0 bridgehead atoms. The largest absolute Gasteiger partial charge is 0.316 e. The van der Waals surface area contributed by atoms with Gasteiger partial charge in [0.1, 0.15) is 5.02 Å². The molecular weight excluding hydrogens is 290 g/mol. The second-order valence-electron chi connectivity index (χ2n) is 6.03. The Balaban J connectivity index is 1.77. The van der Waals surface area contributed by atoms with Gasteiger partial charge in [0.05, 0.1) is 4.92 Å². The molecule has 2 aliphatic rings. The third-order valence-electron chi connectivity index (χ3n) is 4.84. The van der Waals surface area contributed by atoms with E-state index in [4.69, 9.17) is 11.6 Å². The Hall–Kier alpha value is -1.17. The minimum atomic E-state index is -0.411. The number of hydrogen-bond acceptors (Lipinski definition) is 4. The van der Waals surface area contributed by atoms with Crippen molar-refractivity contribution < 1.29 is 4.92 Å². The summed E-state index contributed by atoms with van der Waals surface area (Å²) in [5.41, 5.74) is 0.973.